The van der Waals surface area contributed by atoms with Gasteiger partial charge in [-0.1, -0.05) is 255 Å². The molecule has 12 aromatic carbocycles. The molecule has 0 aliphatic heterocycles. The van der Waals surface area contributed by atoms with Gasteiger partial charge in [-0.05, 0) is 142 Å². The topological polar surface area (TPSA) is 3.24 Å². The fourth-order valence-electron chi connectivity index (χ4n) is 12.7. The lowest BCUT2D eigenvalue weighted by Gasteiger charge is -2.50. The quantitative estimate of drug-likeness (QED) is 0.147. The van der Waals surface area contributed by atoms with Gasteiger partial charge in [-0.3, -0.25) is 0 Å². The van der Waals surface area contributed by atoms with E-state index in [-0.39, 0.29) is 0 Å². The normalized spacial score (nSPS) is 13.4. The summed E-state index contributed by atoms with van der Waals surface area (Å²) < 4.78 is 0. The Labute approximate surface area is 427 Å². The molecule has 12 aromatic rings. The highest BCUT2D eigenvalue weighted by molar-refractivity contribution is 5.97. The van der Waals surface area contributed by atoms with E-state index in [9.17, 15) is 0 Å². The Bertz CT molecular complexity index is 3890. The number of nitrogens with zero attached hydrogens (tertiary/aromatic N) is 1. The van der Waals surface area contributed by atoms with E-state index in [1.807, 2.05) is 0 Å². The van der Waals surface area contributed by atoms with Crippen molar-refractivity contribution < 1.29 is 0 Å². The van der Waals surface area contributed by atoms with Crippen LogP contribution in [-0.4, -0.2) is 0 Å². The summed E-state index contributed by atoms with van der Waals surface area (Å²) in [7, 11) is 0. The molecule has 342 valence electrons. The van der Waals surface area contributed by atoms with Crippen molar-refractivity contribution in [3.63, 3.8) is 0 Å². The molecule has 1 heteroatoms. The Hall–Kier alpha value is -9.30. The van der Waals surface area contributed by atoms with Crippen LogP contribution in [0, 0.1) is 0 Å². The van der Waals surface area contributed by atoms with Crippen molar-refractivity contribution in [1.82, 2.24) is 0 Å². The SMILES string of the molecule is c1ccc(-c2ccc(N(c3ccc(-c4ccc5c(c4)C4(c6ccccc6-5)c5ccccc5C(c5ccccc5)(c5ccccc5)c5ccccc54)cc3)c3ccc(-c4cccc5ccccc45)cc3)cc2)cc1. The van der Waals surface area contributed by atoms with Crippen molar-refractivity contribution in [3.05, 3.63) is 342 Å². The summed E-state index contributed by atoms with van der Waals surface area (Å²) in [6, 6.07) is 110. The highest BCUT2D eigenvalue weighted by atomic mass is 15.1. The van der Waals surface area contributed by atoms with Crippen LogP contribution >= 0.6 is 0 Å². The molecule has 0 heterocycles. The van der Waals surface area contributed by atoms with E-state index >= 15 is 0 Å². The fraction of sp³-hybridized carbons (Fsp3) is 0.0278. The molecule has 0 aromatic heterocycles. The molecule has 1 spiro atoms. The molecule has 0 bridgehead atoms. The van der Waals surface area contributed by atoms with Gasteiger partial charge in [0.15, 0.2) is 0 Å². The Morgan fingerprint density at radius 1 is 0.219 bits per heavy atom. The van der Waals surface area contributed by atoms with Gasteiger partial charge < -0.3 is 4.90 Å². The maximum atomic E-state index is 2.50. The molecule has 2 aliphatic rings. The number of hydrogen-bond donors (Lipinski definition) is 0. The molecule has 0 atom stereocenters. The first-order chi connectivity index (χ1) is 36.2. The van der Waals surface area contributed by atoms with Gasteiger partial charge in [-0.2, -0.15) is 0 Å². The zero-order valence-corrected chi connectivity index (χ0v) is 40.2. The van der Waals surface area contributed by atoms with E-state index < -0.39 is 10.8 Å². The second-order valence-electron chi connectivity index (χ2n) is 19.5. The molecular formula is C72H49N. The van der Waals surface area contributed by atoms with Crippen molar-refractivity contribution in [3.8, 4) is 44.5 Å². The van der Waals surface area contributed by atoms with Gasteiger partial charge in [-0.25, -0.2) is 0 Å². The molecular weight excluding hydrogens is 879 g/mol. The monoisotopic (exact) mass is 927 g/mol. The number of fused-ring (bicyclic) bond motifs is 10. The average molecular weight is 928 g/mol. The van der Waals surface area contributed by atoms with Gasteiger partial charge in [-0.15, -0.1) is 0 Å². The maximum Gasteiger partial charge on any atom is 0.0720 e. The van der Waals surface area contributed by atoms with Gasteiger partial charge in [0.25, 0.3) is 0 Å². The smallest absolute Gasteiger partial charge is 0.0720 e. The van der Waals surface area contributed by atoms with Crippen LogP contribution in [0.5, 0.6) is 0 Å². The zero-order chi connectivity index (χ0) is 48.3. The Morgan fingerprint density at radius 2 is 0.603 bits per heavy atom. The van der Waals surface area contributed by atoms with E-state index in [4.69, 9.17) is 0 Å². The molecule has 0 amide bonds. The van der Waals surface area contributed by atoms with Crippen LogP contribution in [0.1, 0.15) is 44.5 Å². The van der Waals surface area contributed by atoms with Crippen molar-refractivity contribution >= 4 is 27.8 Å². The van der Waals surface area contributed by atoms with Crippen molar-refractivity contribution in [2.45, 2.75) is 10.8 Å². The zero-order valence-electron chi connectivity index (χ0n) is 40.2. The number of benzene rings is 12. The van der Waals surface area contributed by atoms with E-state index in [1.165, 1.54) is 99.8 Å². The summed E-state index contributed by atoms with van der Waals surface area (Å²) in [5.74, 6) is 0. The van der Waals surface area contributed by atoms with Gasteiger partial charge >= 0.3 is 0 Å². The van der Waals surface area contributed by atoms with Crippen LogP contribution in [0.2, 0.25) is 0 Å². The van der Waals surface area contributed by atoms with Crippen LogP contribution in [0.3, 0.4) is 0 Å². The third-order valence-electron chi connectivity index (χ3n) is 15.8. The van der Waals surface area contributed by atoms with Gasteiger partial charge in [0.05, 0.1) is 10.8 Å². The lowest BCUT2D eigenvalue weighted by atomic mass is 9.51. The molecule has 73 heavy (non-hydrogen) atoms. The lowest BCUT2D eigenvalue weighted by molar-refractivity contribution is 0.624. The van der Waals surface area contributed by atoms with E-state index in [0.717, 1.165) is 17.1 Å². The molecule has 2 aliphatic carbocycles. The van der Waals surface area contributed by atoms with Crippen molar-refractivity contribution in [2.24, 2.45) is 0 Å². The molecule has 14 rings (SSSR count). The van der Waals surface area contributed by atoms with E-state index in [2.05, 4.69) is 302 Å². The minimum atomic E-state index is -0.566. The molecule has 0 saturated heterocycles. The van der Waals surface area contributed by atoms with Gasteiger partial charge in [0.1, 0.15) is 0 Å². The van der Waals surface area contributed by atoms with Crippen LogP contribution in [0.4, 0.5) is 17.1 Å². The molecule has 0 fully saturated rings. The standard InChI is InChI=1S/C72H49N/c1-4-19-50(20-5-1)51-35-42-58(43-36-51)73(60-46-39-54(40-47-60)62-29-18-22-53-21-10-11-27-61(53)62)59-44-37-52(38-45-59)55-41-48-64-63-28-12-13-30-65(63)72(70(64)49-55)68-33-16-14-31-66(68)71(56-23-6-2-7-24-56,57-25-8-3-9-26-57)67-32-15-17-34-69(67)72/h1-49H. The third-order valence-corrected chi connectivity index (χ3v) is 15.8. The number of rotatable bonds is 8. The first-order valence-corrected chi connectivity index (χ1v) is 25.4. The summed E-state index contributed by atoms with van der Waals surface area (Å²) in [4.78, 5) is 2.38. The average Bonchev–Trinajstić information content (AvgIpc) is 3.78. The van der Waals surface area contributed by atoms with E-state index in [0.29, 0.717) is 0 Å². The minimum Gasteiger partial charge on any atom is -0.311 e. The molecule has 0 saturated carbocycles. The predicted octanol–water partition coefficient (Wildman–Crippen LogP) is 18.4. The molecule has 1 nitrogen and oxygen atoms in total. The fourth-order valence-corrected chi connectivity index (χ4v) is 12.7. The molecule has 0 unspecified atom stereocenters. The van der Waals surface area contributed by atoms with Crippen molar-refractivity contribution in [2.75, 3.05) is 4.90 Å². The minimum absolute atomic E-state index is 0.546. The largest absolute Gasteiger partial charge is 0.311 e. The highest BCUT2D eigenvalue weighted by Crippen LogP contribution is 2.64. The van der Waals surface area contributed by atoms with Gasteiger partial charge in [0, 0.05) is 17.1 Å². The Balaban J connectivity index is 0.910. The molecule has 0 N–H and O–H groups in total. The van der Waals surface area contributed by atoms with Crippen LogP contribution in [0.15, 0.2) is 297 Å². The van der Waals surface area contributed by atoms with Gasteiger partial charge in [0.2, 0.25) is 0 Å². The summed E-state index contributed by atoms with van der Waals surface area (Å²) >= 11 is 0. The maximum absolute atomic E-state index is 2.50. The summed E-state index contributed by atoms with van der Waals surface area (Å²) in [6.45, 7) is 0. The number of anilines is 3. The predicted molar refractivity (Wildman–Crippen MR) is 304 cm³/mol. The summed E-state index contributed by atoms with van der Waals surface area (Å²) in [6.07, 6.45) is 0. The second kappa shape index (κ2) is 17.2. The number of hydrogen-bond acceptors (Lipinski definition) is 1. The van der Waals surface area contributed by atoms with Crippen LogP contribution in [0.25, 0.3) is 55.3 Å². The Morgan fingerprint density at radius 3 is 1.18 bits per heavy atom. The van der Waals surface area contributed by atoms with E-state index in [1.54, 1.807) is 0 Å². The van der Waals surface area contributed by atoms with Crippen LogP contribution < -0.4 is 4.90 Å². The molecule has 0 radical (unpaired) electrons. The first kappa shape index (κ1) is 42.6. The second-order valence-corrected chi connectivity index (χ2v) is 19.5. The Kier molecular flexibility index (Phi) is 10.0. The third kappa shape index (κ3) is 6.56. The summed E-state index contributed by atoms with van der Waals surface area (Å²) in [5.41, 5.74) is 22.4. The van der Waals surface area contributed by atoms with Crippen LogP contribution in [-0.2, 0) is 10.8 Å². The van der Waals surface area contributed by atoms with Crippen molar-refractivity contribution in [1.29, 1.82) is 0 Å². The highest BCUT2D eigenvalue weighted by Gasteiger charge is 2.56. The first-order valence-electron chi connectivity index (χ1n) is 25.4. The lowest BCUT2D eigenvalue weighted by Crippen LogP contribution is -2.44. The summed E-state index contributed by atoms with van der Waals surface area (Å²) in [5, 5.41) is 2.50.